The van der Waals surface area contributed by atoms with Crippen LogP contribution in [0.25, 0.3) is 22.5 Å². The number of carboxylic acid groups (broad SMARTS) is 1. The number of ether oxygens (including phenoxy) is 2. The normalized spacial score (nSPS) is 13.4. The van der Waals surface area contributed by atoms with Crippen molar-refractivity contribution in [2.75, 3.05) is 112 Å². The summed E-state index contributed by atoms with van der Waals surface area (Å²) in [5.41, 5.74) is 22.7. The van der Waals surface area contributed by atoms with Crippen molar-refractivity contribution in [3.63, 3.8) is 0 Å². The molecular weight excluding hydrogens is 1250 g/mol. The second kappa shape index (κ2) is 41.4. The smallest absolute Gasteiger partial charge is 0.317 e. The Bertz CT molecular complexity index is 3720. The number of halogens is 1. The van der Waals surface area contributed by atoms with Crippen LogP contribution in [0.4, 0.5) is 0 Å². The molecule has 0 aliphatic carbocycles. The molecule has 6 heterocycles. The lowest BCUT2D eigenvalue weighted by atomic mass is 9.76. The van der Waals surface area contributed by atoms with Crippen LogP contribution in [0, 0.1) is 13.8 Å². The summed E-state index contributed by atoms with van der Waals surface area (Å²) in [4.78, 5) is 94.9. The molecule has 0 unspecified atom stereocenters. The summed E-state index contributed by atoms with van der Waals surface area (Å²) in [6, 6.07) is 39.7. The van der Waals surface area contributed by atoms with Gasteiger partial charge in [0.2, 0.25) is 5.91 Å². The first-order valence-electron chi connectivity index (χ1n) is 33.0. The monoisotopic (exact) mass is 1330 g/mol. The summed E-state index contributed by atoms with van der Waals surface area (Å²) in [5, 5.41) is 11.9. The van der Waals surface area contributed by atoms with Gasteiger partial charge in [-0.2, -0.15) is 0 Å². The maximum atomic E-state index is 13.2. The molecule has 2 aliphatic heterocycles. The molecule has 97 heavy (non-hydrogen) atoms. The Morgan fingerprint density at radius 3 is 1.49 bits per heavy atom. The van der Waals surface area contributed by atoms with Gasteiger partial charge in [0.25, 0.3) is 0 Å². The van der Waals surface area contributed by atoms with Crippen LogP contribution < -0.4 is 29.2 Å². The third-order valence-electron chi connectivity index (χ3n) is 16.5. The number of nitrogens with two attached hydrogens (primary N) is 1. The number of carboxylic acids is 1. The van der Waals surface area contributed by atoms with Crippen molar-refractivity contribution in [1.82, 2.24) is 54.8 Å². The number of aliphatic carboxylic acids is 1. The second-order valence-electron chi connectivity index (χ2n) is 23.9. The van der Waals surface area contributed by atoms with Crippen LogP contribution >= 0.6 is 0 Å². The van der Waals surface area contributed by atoms with Gasteiger partial charge in [-0.3, -0.25) is 48.7 Å². The van der Waals surface area contributed by atoms with Gasteiger partial charge in [-0.05, 0) is 101 Å². The van der Waals surface area contributed by atoms with E-state index in [9.17, 15) is 24.0 Å². The molecule has 4 aromatic heterocycles. The molecule has 2 saturated heterocycles. The summed E-state index contributed by atoms with van der Waals surface area (Å²) in [7, 11) is 1.59. The van der Waals surface area contributed by atoms with Crippen LogP contribution in [0.1, 0.15) is 83.3 Å². The SMILES string of the molecule is Cc1ccc(CC(=O)c2ccc(CN3CCN(CC(=O)NCCOCC[NH3+])CC3)cc2)cc1Cc1nccc(-c2cccnc2)n1.Cc1ccc(CC(=O)c2ccc(CN3CCN(CC(=O)O)CC3)cc2)cc1Cc1nccc(-c2cccnc2)n1.NCCOCCC[B]C=O.[Cl-]. The average molecular weight is 1340 g/mol. The van der Waals surface area contributed by atoms with E-state index in [2.05, 4.69) is 95.9 Å². The number of quaternary nitrogens is 1. The van der Waals surface area contributed by atoms with Gasteiger partial charge in [-0.1, -0.05) is 91.2 Å². The fraction of sp³-hybridized carbons (Fsp3) is 0.365. The summed E-state index contributed by atoms with van der Waals surface area (Å²) in [5.74, 6) is 0.894. The van der Waals surface area contributed by atoms with Crippen LogP contribution in [0.5, 0.6) is 0 Å². The lowest BCUT2D eigenvalue weighted by molar-refractivity contribution is -0.374. The predicted octanol–water partition coefficient (Wildman–Crippen LogP) is 3.09. The van der Waals surface area contributed by atoms with Crippen molar-refractivity contribution in [2.45, 2.75) is 65.4 Å². The lowest BCUT2D eigenvalue weighted by Crippen LogP contribution is -3.00. The molecule has 7 N–H and O–H groups in total. The predicted molar refractivity (Wildman–Crippen MR) is 372 cm³/mol. The molecule has 8 aromatic rings. The first-order chi connectivity index (χ1) is 46.8. The number of amides is 1. The van der Waals surface area contributed by atoms with Gasteiger partial charge >= 0.3 is 5.97 Å². The number of nitrogens with zero attached hydrogens (tertiary/aromatic N) is 10. The highest BCUT2D eigenvalue weighted by Gasteiger charge is 2.22. The third kappa shape index (κ3) is 26.4. The Morgan fingerprint density at radius 2 is 1.05 bits per heavy atom. The number of carbonyl (C=O) groups excluding carboxylic acids is 4. The molecule has 0 saturated carbocycles. The maximum absolute atomic E-state index is 13.2. The van der Waals surface area contributed by atoms with Gasteiger partial charge < -0.3 is 48.6 Å². The molecule has 1 amide bonds. The summed E-state index contributed by atoms with van der Waals surface area (Å²) in [6.45, 7) is 17.2. The largest absolute Gasteiger partial charge is 1.00 e. The quantitative estimate of drug-likeness (QED) is 0.0204. The van der Waals surface area contributed by atoms with Crippen LogP contribution in [0.3, 0.4) is 0 Å². The van der Waals surface area contributed by atoms with Crippen molar-refractivity contribution in [1.29, 1.82) is 0 Å². The highest BCUT2D eigenvalue weighted by molar-refractivity contribution is 6.66. The molecule has 1 radical (unpaired) electrons. The molecule has 10 rings (SSSR count). The second-order valence-corrected chi connectivity index (χ2v) is 23.9. The van der Waals surface area contributed by atoms with E-state index in [1.807, 2.05) is 89.8 Å². The number of aryl methyl sites for hydroxylation is 2. The molecule has 23 heteroatoms. The third-order valence-corrected chi connectivity index (χ3v) is 16.5. The lowest BCUT2D eigenvalue weighted by Gasteiger charge is -2.34. The molecule has 0 bridgehead atoms. The fourth-order valence-electron chi connectivity index (χ4n) is 11.1. The molecule has 0 atom stereocenters. The number of hydrogen-bond donors (Lipinski definition) is 4. The average Bonchev–Trinajstić information content (AvgIpc) is 0.945. The van der Waals surface area contributed by atoms with E-state index in [1.165, 1.54) is 5.56 Å². The molecule has 4 aromatic carbocycles. The van der Waals surface area contributed by atoms with Crippen molar-refractivity contribution in [3.8, 4) is 22.5 Å². The number of Topliss-reactive ketones (excluding diaryl/α,β-unsaturated/α-hetero) is 2. The Kier molecular flexibility index (Phi) is 32.3. The highest BCUT2D eigenvalue weighted by atomic mass is 35.5. The number of benzene rings is 4. The topological polar surface area (TPSA) is 280 Å². The molecule has 21 nitrogen and oxygen atoms in total. The van der Waals surface area contributed by atoms with E-state index in [0.717, 1.165) is 164 Å². The number of ketones is 2. The van der Waals surface area contributed by atoms with E-state index >= 15 is 0 Å². The van der Waals surface area contributed by atoms with Gasteiger partial charge in [-0.25, -0.2) is 19.9 Å². The minimum absolute atomic E-state index is 0. The molecule has 2 aliphatic rings. The number of aromatic nitrogens is 6. The van der Waals surface area contributed by atoms with E-state index in [1.54, 1.807) is 44.5 Å². The van der Waals surface area contributed by atoms with Crippen molar-refractivity contribution >= 4 is 36.9 Å². The standard InChI is InChI=1S/C36H43N7O3.C32H33N5O3.C6H13BNO2.ClH/c1-27-4-5-29(21-32(27)23-35-39-13-10-33(41-35)31-3-2-12-38-24-31)22-34(44)30-8-6-28(7-9-30)25-42-15-17-43(18-16-42)26-36(45)40-14-20-46-19-11-37;1-23-4-5-25(17-28(23)19-31-34-12-10-29(35-31)27-3-2-11-33-20-27)18-30(38)26-8-6-24(7-9-26)21-36-13-15-37(16-14-36)22-32(39)40;8-3-5-10-4-1-2-7-6-9;/h2-10,12-13,21,24H,11,14-20,22-23,25-26,37H2,1H3,(H,40,45);2-12,17,20H,13-16,18-19,21-22H2,1H3,(H,39,40);6H,1-5,8H2;1H. The number of rotatable bonds is 32. The number of pyridine rings is 2. The summed E-state index contributed by atoms with van der Waals surface area (Å²) < 4.78 is 10.4. The first-order valence-corrected chi connectivity index (χ1v) is 33.0. The van der Waals surface area contributed by atoms with Crippen LogP contribution in [-0.2, 0) is 62.6 Å². The number of piperazine rings is 2. The summed E-state index contributed by atoms with van der Waals surface area (Å²) in [6.07, 6.45) is 15.0. The number of carbonyl (C=O) groups is 5. The minimum atomic E-state index is -0.781. The first kappa shape index (κ1) is 75.7. The number of hydrogen-bond acceptors (Lipinski definition) is 18. The van der Waals surface area contributed by atoms with E-state index in [-0.39, 0.29) is 36.4 Å². The van der Waals surface area contributed by atoms with E-state index < -0.39 is 5.97 Å². The Balaban J connectivity index is 0.000000239. The van der Waals surface area contributed by atoms with E-state index in [0.29, 0.717) is 82.9 Å². The fourth-order valence-corrected chi connectivity index (χ4v) is 11.1. The molecule has 2 fully saturated rings. The van der Waals surface area contributed by atoms with Gasteiger partial charge in [-0.15, -0.1) is 0 Å². The van der Waals surface area contributed by atoms with Crippen molar-refractivity contribution < 1.29 is 56.7 Å². The molecule has 0 spiro atoms. The van der Waals surface area contributed by atoms with Crippen LogP contribution in [-0.4, -0.2) is 203 Å². The minimum Gasteiger partial charge on any atom is -1.00 e. The van der Waals surface area contributed by atoms with Gasteiger partial charge in [0, 0.05) is 170 Å². The Morgan fingerprint density at radius 1 is 0.588 bits per heavy atom. The zero-order valence-electron chi connectivity index (χ0n) is 55.8. The van der Waals surface area contributed by atoms with E-state index in [4.69, 9.17) is 30.3 Å². The van der Waals surface area contributed by atoms with Gasteiger partial charge in [0.15, 0.2) is 18.8 Å². The highest BCUT2D eigenvalue weighted by Crippen LogP contribution is 2.23. The zero-order valence-corrected chi connectivity index (χ0v) is 56.5. The van der Waals surface area contributed by atoms with Crippen molar-refractivity contribution in [3.05, 3.63) is 226 Å². The van der Waals surface area contributed by atoms with Gasteiger partial charge in [0.1, 0.15) is 11.6 Å². The zero-order chi connectivity index (χ0) is 67.7. The van der Waals surface area contributed by atoms with Crippen molar-refractivity contribution in [2.24, 2.45) is 5.73 Å². The Labute approximate surface area is 576 Å². The van der Waals surface area contributed by atoms with Crippen LogP contribution in [0.2, 0.25) is 6.32 Å². The molecule has 509 valence electrons. The Hall–Kier alpha value is -8.68. The van der Waals surface area contributed by atoms with Gasteiger partial charge in [0.05, 0.1) is 57.0 Å². The number of nitrogens with one attached hydrogen (secondary N) is 1. The molecular formula is C74H90BClN13O8. The summed E-state index contributed by atoms with van der Waals surface area (Å²) >= 11 is 0. The van der Waals surface area contributed by atoms with Crippen LogP contribution in [0.15, 0.2) is 159 Å². The maximum Gasteiger partial charge on any atom is 0.317 e.